The predicted octanol–water partition coefficient (Wildman–Crippen LogP) is 1.73. The minimum atomic E-state index is -0.664. The Labute approximate surface area is 141 Å². The van der Waals surface area contributed by atoms with E-state index in [1.807, 2.05) is 13.8 Å². The Balaban J connectivity index is 1.89. The number of rotatable bonds is 4. The van der Waals surface area contributed by atoms with E-state index < -0.39 is 5.54 Å². The number of ether oxygens (including phenoxy) is 1. The summed E-state index contributed by atoms with van der Waals surface area (Å²) in [5.41, 5.74) is 0.842. The number of methoxy groups -OCH3 is 1. The molecule has 1 fully saturated rings. The first kappa shape index (κ1) is 15.7. The minimum Gasteiger partial charge on any atom is -0.480 e. The highest BCUT2D eigenvalue weighted by molar-refractivity contribution is 9.10. The Bertz CT molecular complexity index is 762. The maximum Gasteiger partial charge on any atom is 0.247 e. The number of halogens is 1. The van der Waals surface area contributed by atoms with Crippen LogP contribution in [0, 0.1) is 6.92 Å². The van der Waals surface area contributed by atoms with E-state index in [-0.39, 0.29) is 5.91 Å². The smallest absolute Gasteiger partial charge is 0.247 e. The number of carbonyl (C=O) groups excluding carboxylic acids is 1. The fourth-order valence-electron chi connectivity index (χ4n) is 2.45. The number of carbonyl (C=O) groups is 1. The lowest BCUT2D eigenvalue weighted by atomic mass is 10.0. The third kappa shape index (κ3) is 2.76. The highest BCUT2D eigenvalue weighted by atomic mass is 79.9. The van der Waals surface area contributed by atoms with Gasteiger partial charge in [0.2, 0.25) is 17.7 Å². The molecule has 1 atom stereocenters. The Kier molecular flexibility index (Phi) is 3.97. The van der Waals surface area contributed by atoms with Gasteiger partial charge in [-0.05, 0) is 36.2 Å². The van der Waals surface area contributed by atoms with Crippen molar-refractivity contribution in [3.63, 3.8) is 0 Å². The lowest BCUT2D eigenvalue weighted by Gasteiger charge is -2.20. The molecular formula is C14H17BrN6O2. The van der Waals surface area contributed by atoms with Crippen molar-refractivity contribution in [1.29, 1.82) is 0 Å². The van der Waals surface area contributed by atoms with Crippen molar-refractivity contribution in [2.75, 3.05) is 19.0 Å². The van der Waals surface area contributed by atoms with Crippen molar-refractivity contribution in [1.82, 2.24) is 25.1 Å². The average molecular weight is 381 g/mol. The summed E-state index contributed by atoms with van der Waals surface area (Å²) in [5.74, 6) is 0.816. The molecule has 1 aliphatic heterocycles. The largest absolute Gasteiger partial charge is 0.480 e. The SMILES string of the molecule is COc1nc(Nc2cn([C@]3(C)CCNC3=O)nc2C)ncc1Br. The number of hydrogen-bond acceptors (Lipinski definition) is 6. The van der Waals surface area contributed by atoms with Crippen LogP contribution in [0.4, 0.5) is 11.6 Å². The van der Waals surface area contributed by atoms with Gasteiger partial charge in [-0.25, -0.2) is 4.98 Å². The van der Waals surface area contributed by atoms with Gasteiger partial charge in [0.1, 0.15) is 5.54 Å². The van der Waals surface area contributed by atoms with Gasteiger partial charge in [0.05, 0.1) is 35.4 Å². The van der Waals surface area contributed by atoms with Gasteiger partial charge in [-0.15, -0.1) is 0 Å². The number of amides is 1. The molecule has 0 saturated carbocycles. The zero-order valence-electron chi connectivity index (χ0n) is 13.1. The van der Waals surface area contributed by atoms with Gasteiger partial charge in [-0.2, -0.15) is 10.1 Å². The first-order chi connectivity index (χ1) is 10.9. The highest BCUT2D eigenvalue weighted by Gasteiger charge is 2.40. The first-order valence-corrected chi connectivity index (χ1v) is 7.92. The van der Waals surface area contributed by atoms with E-state index in [2.05, 4.69) is 41.6 Å². The molecule has 0 radical (unpaired) electrons. The molecule has 8 nitrogen and oxygen atoms in total. The maximum atomic E-state index is 12.1. The second-order valence-electron chi connectivity index (χ2n) is 5.53. The summed E-state index contributed by atoms with van der Waals surface area (Å²) >= 11 is 3.31. The van der Waals surface area contributed by atoms with Crippen LogP contribution in [0.2, 0.25) is 0 Å². The Morgan fingerprint density at radius 2 is 2.30 bits per heavy atom. The van der Waals surface area contributed by atoms with Gasteiger partial charge in [0.25, 0.3) is 0 Å². The quantitative estimate of drug-likeness (QED) is 0.838. The molecule has 1 saturated heterocycles. The van der Waals surface area contributed by atoms with Crippen LogP contribution in [0.15, 0.2) is 16.9 Å². The van der Waals surface area contributed by atoms with E-state index in [4.69, 9.17) is 4.74 Å². The molecule has 9 heteroatoms. The summed E-state index contributed by atoms with van der Waals surface area (Å²) in [6, 6.07) is 0. The standard InChI is InChI=1S/C14H17BrN6O2/c1-8-10(18-13-17-6-9(15)11(19-13)23-3)7-21(20-8)14(2)4-5-16-12(14)22/h6-7H,4-5H2,1-3H3,(H,16,22)(H,17,18,19)/t14-/m1/s1. The second kappa shape index (κ2) is 5.80. The highest BCUT2D eigenvalue weighted by Crippen LogP contribution is 2.29. The van der Waals surface area contributed by atoms with Crippen LogP contribution in [-0.4, -0.2) is 39.3 Å². The van der Waals surface area contributed by atoms with Gasteiger partial charge < -0.3 is 15.4 Å². The zero-order chi connectivity index (χ0) is 16.6. The number of anilines is 2. The van der Waals surface area contributed by atoms with Gasteiger partial charge >= 0.3 is 0 Å². The maximum absolute atomic E-state index is 12.1. The molecule has 0 aliphatic carbocycles. The fourth-order valence-corrected chi connectivity index (χ4v) is 2.81. The van der Waals surface area contributed by atoms with Crippen molar-refractivity contribution in [3.05, 3.63) is 22.6 Å². The van der Waals surface area contributed by atoms with Gasteiger partial charge in [-0.1, -0.05) is 0 Å². The molecule has 0 aromatic carbocycles. The molecule has 0 bridgehead atoms. The Morgan fingerprint density at radius 3 is 2.96 bits per heavy atom. The molecule has 0 unspecified atom stereocenters. The molecule has 2 aromatic rings. The van der Waals surface area contributed by atoms with Crippen LogP contribution in [0.5, 0.6) is 5.88 Å². The molecule has 122 valence electrons. The van der Waals surface area contributed by atoms with Crippen LogP contribution in [0.3, 0.4) is 0 Å². The van der Waals surface area contributed by atoms with Gasteiger partial charge in [0.15, 0.2) is 0 Å². The summed E-state index contributed by atoms with van der Waals surface area (Å²) in [7, 11) is 1.54. The third-order valence-corrected chi connectivity index (χ3v) is 4.49. The second-order valence-corrected chi connectivity index (χ2v) is 6.38. The molecule has 3 rings (SSSR count). The summed E-state index contributed by atoms with van der Waals surface area (Å²) in [6.07, 6.45) is 4.12. The topological polar surface area (TPSA) is 94.0 Å². The minimum absolute atomic E-state index is 0.0203. The molecule has 2 aromatic heterocycles. The molecule has 1 amide bonds. The lowest BCUT2D eigenvalue weighted by Crippen LogP contribution is -2.38. The third-order valence-electron chi connectivity index (χ3n) is 3.94. The van der Waals surface area contributed by atoms with E-state index in [1.165, 1.54) is 0 Å². The zero-order valence-corrected chi connectivity index (χ0v) is 14.6. The molecule has 2 N–H and O–H groups in total. The number of hydrogen-bond donors (Lipinski definition) is 2. The molecular weight excluding hydrogens is 364 g/mol. The number of nitrogens with zero attached hydrogens (tertiary/aromatic N) is 4. The first-order valence-electron chi connectivity index (χ1n) is 7.12. The Morgan fingerprint density at radius 1 is 1.52 bits per heavy atom. The van der Waals surface area contributed by atoms with Crippen molar-refractivity contribution in [2.24, 2.45) is 0 Å². The van der Waals surface area contributed by atoms with Gasteiger partial charge in [-0.3, -0.25) is 9.48 Å². The molecule has 3 heterocycles. The average Bonchev–Trinajstić information content (AvgIpc) is 3.06. The summed E-state index contributed by atoms with van der Waals surface area (Å²) in [4.78, 5) is 20.5. The fraction of sp³-hybridized carbons (Fsp3) is 0.429. The lowest BCUT2D eigenvalue weighted by molar-refractivity contribution is -0.126. The van der Waals surface area contributed by atoms with Crippen LogP contribution in [0.25, 0.3) is 0 Å². The summed E-state index contributed by atoms with van der Waals surface area (Å²) in [5, 5.41) is 10.4. The Hall–Kier alpha value is -2.16. The van der Waals surface area contributed by atoms with E-state index in [1.54, 1.807) is 24.2 Å². The molecule has 23 heavy (non-hydrogen) atoms. The van der Waals surface area contributed by atoms with Gasteiger partial charge in [0, 0.05) is 6.54 Å². The van der Waals surface area contributed by atoms with E-state index >= 15 is 0 Å². The van der Waals surface area contributed by atoms with Crippen LogP contribution in [0.1, 0.15) is 19.0 Å². The predicted molar refractivity (Wildman–Crippen MR) is 87.8 cm³/mol. The number of aromatic nitrogens is 4. The van der Waals surface area contributed by atoms with E-state index in [0.717, 1.165) is 11.4 Å². The number of aryl methyl sites for hydroxylation is 1. The monoisotopic (exact) mass is 380 g/mol. The van der Waals surface area contributed by atoms with Crippen molar-refractivity contribution in [3.8, 4) is 5.88 Å². The van der Waals surface area contributed by atoms with Crippen LogP contribution >= 0.6 is 15.9 Å². The summed E-state index contributed by atoms with van der Waals surface area (Å²) < 4.78 is 7.53. The van der Waals surface area contributed by atoms with E-state index in [0.29, 0.717) is 29.3 Å². The van der Waals surface area contributed by atoms with Crippen molar-refractivity contribution < 1.29 is 9.53 Å². The van der Waals surface area contributed by atoms with Crippen molar-refractivity contribution >= 4 is 33.5 Å². The normalized spacial score (nSPS) is 20.4. The van der Waals surface area contributed by atoms with E-state index in [9.17, 15) is 4.79 Å². The van der Waals surface area contributed by atoms with Crippen molar-refractivity contribution in [2.45, 2.75) is 25.8 Å². The molecule has 0 spiro atoms. The number of nitrogens with one attached hydrogen (secondary N) is 2. The summed E-state index contributed by atoms with van der Waals surface area (Å²) in [6.45, 7) is 4.40. The van der Waals surface area contributed by atoms with Crippen LogP contribution in [-0.2, 0) is 10.3 Å². The van der Waals surface area contributed by atoms with Crippen LogP contribution < -0.4 is 15.4 Å². The molecule has 1 aliphatic rings.